The number of hydrogen-bond acceptors (Lipinski definition) is 2. The van der Waals surface area contributed by atoms with Crippen molar-refractivity contribution in [3.8, 4) is 0 Å². The maximum Gasteiger partial charge on any atom is 0.0480 e. The number of aromatic nitrogens is 1. The minimum absolute atomic E-state index is 0.278. The van der Waals surface area contributed by atoms with Crippen molar-refractivity contribution in [2.45, 2.75) is 45.7 Å². The predicted octanol–water partition coefficient (Wildman–Crippen LogP) is 4.06. The highest BCUT2D eigenvalue weighted by molar-refractivity contribution is 7.99. The Bertz CT molecular complexity index is 533. The number of benzene rings is 1. The lowest BCUT2D eigenvalue weighted by atomic mass is 10.0. The fraction of sp³-hybridized carbons (Fsp3) is 0.529. The third-order valence-electron chi connectivity index (χ3n) is 3.75. The Labute approximate surface area is 126 Å². The number of rotatable bonds is 8. The van der Waals surface area contributed by atoms with Crippen molar-refractivity contribution < 1.29 is 0 Å². The molecule has 0 radical (unpaired) electrons. The second-order valence-electron chi connectivity index (χ2n) is 5.33. The Hall–Kier alpha value is -0.930. The van der Waals surface area contributed by atoms with E-state index in [9.17, 15) is 0 Å². The Kier molecular flexibility index (Phi) is 5.99. The summed E-state index contributed by atoms with van der Waals surface area (Å²) >= 11 is 2.02. The fourth-order valence-corrected chi connectivity index (χ4v) is 3.12. The van der Waals surface area contributed by atoms with Gasteiger partial charge in [0.1, 0.15) is 0 Å². The van der Waals surface area contributed by atoms with E-state index in [1.807, 2.05) is 11.8 Å². The van der Waals surface area contributed by atoms with E-state index in [2.05, 4.69) is 48.9 Å². The Balaban J connectivity index is 2.04. The van der Waals surface area contributed by atoms with Crippen molar-refractivity contribution in [3.63, 3.8) is 0 Å². The molecule has 2 N–H and O–H groups in total. The number of nitrogens with zero attached hydrogens (tertiary/aromatic N) is 1. The molecule has 0 saturated carbocycles. The largest absolute Gasteiger partial charge is 0.347 e. The van der Waals surface area contributed by atoms with Crippen LogP contribution >= 0.6 is 11.8 Å². The third kappa shape index (κ3) is 4.03. The van der Waals surface area contributed by atoms with Crippen LogP contribution in [0.2, 0.25) is 0 Å². The summed E-state index contributed by atoms with van der Waals surface area (Å²) in [6.07, 6.45) is 5.47. The van der Waals surface area contributed by atoms with Crippen LogP contribution in [0.15, 0.2) is 30.5 Å². The topological polar surface area (TPSA) is 30.9 Å². The molecule has 0 bridgehead atoms. The average Bonchev–Trinajstić information content (AvgIpc) is 2.86. The summed E-state index contributed by atoms with van der Waals surface area (Å²) in [5, 5.41) is 1.34. The Morgan fingerprint density at radius 1 is 1.25 bits per heavy atom. The summed E-state index contributed by atoms with van der Waals surface area (Å²) < 4.78 is 2.37. The zero-order valence-electron chi connectivity index (χ0n) is 12.6. The smallest absolute Gasteiger partial charge is 0.0480 e. The van der Waals surface area contributed by atoms with E-state index in [4.69, 9.17) is 5.73 Å². The first kappa shape index (κ1) is 15.5. The molecule has 0 aliphatic carbocycles. The summed E-state index contributed by atoms with van der Waals surface area (Å²) in [4.78, 5) is 0. The molecule has 2 nitrogen and oxygen atoms in total. The van der Waals surface area contributed by atoms with Crippen LogP contribution in [-0.2, 0) is 13.0 Å². The van der Waals surface area contributed by atoms with Crippen molar-refractivity contribution in [2.24, 2.45) is 5.73 Å². The molecule has 0 fully saturated rings. The standard InChI is InChI=1S/C17H26N2S/c1-3-16(18)13-14-6-7-17-15(12-14)8-10-19(17)9-5-11-20-4-2/h6-8,10,12,16H,3-5,9,11,13,18H2,1-2H3. The van der Waals surface area contributed by atoms with Crippen LogP contribution in [-0.4, -0.2) is 22.1 Å². The predicted molar refractivity (Wildman–Crippen MR) is 91.5 cm³/mol. The quantitative estimate of drug-likeness (QED) is 0.743. The molecule has 0 spiro atoms. The van der Waals surface area contributed by atoms with E-state index < -0.39 is 0 Å². The lowest BCUT2D eigenvalue weighted by Crippen LogP contribution is -2.21. The molecule has 1 aromatic heterocycles. The van der Waals surface area contributed by atoms with Gasteiger partial charge in [-0.2, -0.15) is 11.8 Å². The Morgan fingerprint density at radius 3 is 2.85 bits per heavy atom. The SMILES string of the molecule is CCSCCCn1ccc2cc(CC(N)CC)ccc21. The molecule has 1 unspecified atom stereocenters. The average molecular weight is 290 g/mol. The van der Waals surface area contributed by atoms with Crippen LogP contribution in [0.25, 0.3) is 10.9 Å². The maximum absolute atomic E-state index is 6.04. The van der Waals surface area contributed by atoms with Gasteiger partial charge in [-0.1, -0.05) is 19.9 Å². The first-order valence-corrected chi connectivity index (χ1v) is 8.81. The number of nitrogens with two attached hydrogens (primary N) is 1. The fourth-order valence-electron chi connectivity index (χ4n) is 2.50. The second kappa shape index (κ2) is 7.75. The zero-order valence-corrected chi connectivity index (χ0v) is 13.5. The van der Waals surface area contributed by atoms with Gasteiger partial charge in [0.15, 0.2) is 0 Å². The molecule has 1 aromatic carbocycles. The van der Waals surface area contributed by atoms with Gasteiger partial charge in [-0.05, 0) is 59.9 Å². The minimum Gasteiger partial charge on any atom is -0.347 e. The van der Waals surface area contributed by atoms with Gasteiger partial charge in [-0.3, -0.25) is 0 Å². The van der Waals surface area contributed by atoms with Gasteiger partial charge >= 0.3 is 0 Å². The van der Waals surface area contributed by atoms with Crippen LogP contribution in [0.3, 0.4) is 0 Å². The summed E-state index contributed by atoms with van der Waals surface area (Å²) in [5.74, 6) is 2.47. The van der Waals surface area contributed by atoms with E-state index in [1.54, 1.807) is 0 Å². The lowest BCUT2D eigenvalue weighted by molar-refractivity contribution is 0.647. The zero-order chi connectivity index (χ0) is 14.4. The molecule has 0 amide bonds. The number of aryl methyl sites for hydroxylation is 1. The van der Waals surface area contributed by atoms with Gasteiger partial charge < -0.3 is 10.3 Å². The molecule has 0 aliphatic rings. The van der Waals surface area contributed by atoms with Crippen molar-refractivity contribution >= 4 is 22.7 Å². The molecule has 2 aromatic rings. The first-order chi connectivity index (χ1) is 9.74. The summed E-state index contributed by atoms with van der Waals surface area (Å²) in [7, 11) is 0. The Morgan fingerprint density at radius 2 is 2.10 bits per heavy atom. The van der Waals surface area contributed by atoms with E-state index >= 15 is 0 Å². The van der Waals surface area contributed by atoms with Gasteiger partial charge in [0.25, 0.3) is 0 Å². The highest BCUT2D eigenvalue weighted by Gasteiger charge is 2.05. The maximum atomic E-state index is 6.04. The lowest BCUT2D eigenvalue weighted by Gasteiger charge is -2.09. The molecular weight excluding hydrogens is 264 g/mol. The molecule has 1 heterocycles. The summed E-state index contributed by atoms with van der Waals surface area (Å²) in [5.41, 5.74) is 8.74. The van der Waals surface area contributed by atoms with Crippen molar-refractivity contribution in [1.29, 1.82) is 0 Å². The van der Waals surface area contributed by atoms with E-state index in [0.717, 1.165) is 19.4 Å². The second-order valence-corrected chi connectivity index (χ2v) is 6.72. The van der Waals surface area contributed by atoms with Gasteiger partial charge in [0.05, 0.1) is 0 Å². The van der Waals surface area contributed by atoms with Crippen LogP contribution in [0, 0.1) is 0 Å². The monoisotopic (exact) mass is 290 g/mol. The van der Waals surface area contributed by atoms with Crippen LogP contribution in [0.1, 0.15) is 32.3 Å². The summed E-state index contributed by atoms with van der Waals surface area (Å²) in [6.45, 7) is 5.48. The normalized spacial score (nSPS) is 12.9. The van der Waals surface area contributed by atoms with Gasteiger partial charge in [0.2, 0.25) is 0 Å². The number of fused-ring (bicyclic) bond motifs is 1. The van der Waals surface area contributed by atoms with Crippen LogP contribution in [0.5, 0.6) is 0 Å². The molecular formula is C17H26N2S. The van der Waals surface area contributed by atoms with Gasteiger partial charge in [0, 0.05) is 24.3 Å². The van der Waals surface area contributed by atoms with E-state index in [0.29, 0.717) is 0 Å². The highest BCUT2D eigenvalue weighted by atomic mass is 32.2. The van der Waals surface area contributed by atoms with Crippen molar-refractivity contribution in [2.75, 3.05) is 11.5 Å². The molecule has 2 rings (SSSR count). The number of hydrogen-bond donors (Lipinski definition) is 1. The van der Waals surface area contributed by atoms with Gasteiger partial charge in [-0.15, -0.1) is 0 Å². The van der Waals surface area contributed by atoms with E-state index in [-0.39, 0.29) is 6.04 Å². The molecule has 0 aliphatic heterocycles. The van der Waals surface area contributed by atoms with Crippen LogP contribution in [0.4, 0.5) is 0 Å². The third-order valence-corrected chi connectivity index (χ3v) is 4.74. The van der Waals surface area contributed by atoms with Gasteiger partial charge in [-0.25, -0.2) is 0 Å². The molecule has 1 atom stereocenters. The molecule has 110 valence electrons. The summed E-state index contributed by atoms with van der Waals surface area (Å²) in [6, 6.07) is 9.28. The van der Waals surface area contributed by atoms with Crippen LogP contribution < -0.4 is 5.73 Å². The molecule has 3 heteroatoms. The molecule has 0 saturated heterocycles. The number of thioether (sulfide) groups is 1. The highest BCUT2D eigenvalue weighted by Crippen LogP contribution is 2.19. The van der Waals surface area contributed by atoms with Crippen molar-refractivity contribution in [1.82, 2.24) is 4.57 Å². The first-order valence-electron chi connectivity index (χ1n) is 7.65. The minimum atomic E-state index is 0.278. The van der Waals surface area contributed by atoms with Crippen molar-refractivity contribution in [3.05, 3.63) is 36.0 Å². The molecule has 20 heavy (non-hydrogen) atoms. The van der Waals surface area contributed by atoms with E-state index in [1.165, 1.54) is 34.4 Å².